The Morgan fingerprint density at radius 1 is 1.56 bits per heavy atom. The molecule has 3 nitrogen and oxygen atoms in total. The van der Waals surface area contributed by atoms with Gasteiger partial charge in [-0.2, -0.15) is 10.5 Å². The van der Waals surface area contributed by atoms with Crippen molar-refractivity contribution in [1.29, 1.82) is 10.5 Å². The first-order valence-corrected chi connectivity index (χ1v) is 3.05. The second-order valence-corrected chi connectivity index (χ2v) is 2.22. The van der Waals surface area contributed by atoms with Crippen LogP contribution in [0.3, 0.4) is 0 Å². The Kier molecular flexibility index (Phi) is 1.62. The maximum absolute atomic E-state index is 8.28. The molecule has 0 spiro atoms. The summed E-state index contributed by atoms with van der Waals surface area (Å²) in [4.78, 5) is 1.85. The van der Waals surface area contributed by atoms with Gasteiger partial charge in [-0.15, -0.1) is 0 Å². The lowest BCUT2D eigenvalue weighted by Crippen LogP contribution is -1.96. The smallest absolute Gasteiger partial charge is 0.184 e. The minimum Gasteiger partial charge on any atom is -0.268 e. The summed E-state index contributed by atoms with van der Waals surface area (Å²) in [5, 5.41) is 16.5. The number of hydrogen-bond donors (Lipinski definition) is 0. The van der Waals surface area contributed by atoms with E-state index in [0.29, 0.717) is 4.91 Å². The quantitative estimate of drug-likeness (QED) is 0.466. The van der Waals surface area contributed by atoms with Crippen LogP contribution in [0.15, 0.2) is 11.1 Å². The third-order valence-electron chi connectivity index (χ3n) is 0.775. The molecule has 0 saturated carbocycles. The predicted octanol–water partition coefficient (Wildman–Crippen LogP) is 1.00. The van der Waals surface area contributed by atoms with E-state index in [9.17, 15) is 0 Å². The molecule has 9 heavy (non-hydrogen) atoms. The zero-order valence-electron chi connectivity index (χ0n) is 4.40. The first kappa shape index (κ1) is 6.00. The maximum atomic E-state index is 8.28. The van der Waals surface area contributed by atoms with Crippen molar-refractivity contribution in [3.63, 3.8) is 0 Å². The summed E-state index contributed by atoms with van der Waals surface area (Å²) in [5.41, 5.74) is 0. The highest BCUT2D eigenvalue weighted by molar-refractivity contribution is 8.05. The van der Waals surface area contributed by atoms with Gasteiger partial charge in [0.25, 0.3) is 0 Å². The van der Waals surface area contributed by atoms with E-state index in [2.05, 4.69) is 0 Å². The van der Waals surface area contributed by atoms with Crippen LogP contribution in [0.1, 0.15) is 0 Å². The van der Waals surface area contributed by atoms with Gasteiger partial charge in [-0.1, -0.05) is 11.8 Å². The Balaban J connectivity index is 2.66. The number of hydrogen-bond acceptors (Lipinski definition) is 4. The second-order valence-electron chi connectivity index (χ2n) is 1.34. The Morgan fingerprint density at radius 3 is 2.67 bits per heavy atom. The molecule has 1 aliphatic rings. The zero-order chi connectivity index (χ0) is 6.69. The van der Waals surface area contributed by atoms with Crippen LogP contribution in [0.5, 0.6) is 0 Å². The molecule has 0 aromatic rings. The largest absolute Gasteiger partial charge is 0.268 e. The number of nitrogens with zero attached hydrogens (tertiary/aromatic N) is 3. The molecule has 43 valence electrons. The normalized spacial score (nSPS) is 16.2. The van der Waals surface area contributed by atoms with E-state index in [1.807, 2.05) is 12.3 Å². The summed E-state index contributed by atoms with van der Waals surface area (Å²) >= 11 is 1.25. The molecule has 0 aliphatic carbocycles. The fourth-order valence-corrected chi connectivity index (χ4v) is 0.971. The molecule has 1 rings (SSSR count). The molecule has 0 saturated heterocycles. The topological polar surface area (TPSA) is 50.8 Å². The molecule has 0 N–H and O–H groups in total. The van der Waals surface area contributed by atoms with Gasteiger partial charge in [0.1, 0.15) is 16.9 Å². The average Bonchev–Trinajstić information content (AvgIpc) is 2.34. The van der Waals surface area contributed by atoms with Crippen LogP contribution < -0.4 is 0 Å². The molecule has 1 radical (unpaired) electrons. The van der Waals surface area contributed by atoms with Crippen molar-refractivity contribution in [3.05, 3.63) is 17.0 Å². The molecular formula is C5H2N3S. The molecule has 0 unspecified atom stereocenters. The van der Waals surface area contributed by atoms with E-state index in [4.69, 9.17) is 10.5 Å². The van der Waals surface area contributed by atoms with Crippen molar-refractivity contribution in [3.8, 4) is 12.3 Å². The molecule has 0 fully saturated rings. The van der Waals surface area contributed by atoms with Crippen LogP contribution in [0.25, 0.3) is 0 Å². The fourth-order valence-electron chi connectivity index (χ4n) is 0.408. The Morgan fingerprint density at radius 2 is 2.33 bits per heavy atom. The molecule has 1 heterocycles. The SMILES string of the molecule is N#CC1=CN(C#N)[CH]S1. The van der Waals surface area contributed by atoms with Crippen molar-refractivity contribution in [2.75, 3.05) is 0 Å². The van der Waals surface area contributed by atoms with Gasteiger partial charge in [0.15, 0.2) is 6.19 Å². The highest BCUT2D eigenvalue weighted by Gasteiger charge is 2.11. The van der Waals surface area contributed by atoms with Crippen LogP contribution in [0, 0.1) is 28.7 Å². The molecule has 0 bridgehead atoms. The summed E-state index contributed by atoms with van der Waals surface area (Å²) in [6.07, 6.45) is 3.35. The van der Waals surface area contributed by atoms with Crippen molar-refractivity contribution < 1.29 is 0 Å². The Hall–Kier alpha value is -1.13. The van der Waals surface area contributed by atoms with E-state index < -0.39 is 0 Å². The fraction of sp³-hybridized carbons (Fsp3) is 0. The van der Waals surface area contributed by atoms with Gasteiger partial charge >= 0.3 is 0 Å². The number of thioether (sulfide) groups is 1. The molecule has 4 heteroatoms. The second kappa shape index (κ2) is 2.43. The van der Waals surface area contributed by atoms with Gasteiger partial charge in [0.2, 0.25) is 0 Å². The average molecular weight is 136 g/mol. The third-order valence-corrected chi connectivity index (χ3v) is 1.56. The minimum absolute atomic E-state index is 0.552. The van der Waals surface area contributed by atoms with E-state index in [0.717, 1.165) is 0 Å². The first-order valence-electron chi connectivity index (χ1n) is 2.17. The molecular weight excluding hydrogens is 134 g/mol. The third kappa shape index (κ3) is 1.16. The number of nitriles is 2. The summed E-state index contributed by atoms with van der Waals surface area (Å²) < 4.78 is 0. The highest BCUT2D eigenvalue weighted by atomic mass is 32.2. The van der Waals surface area contributed by atoms with Crippen molar-refractivity contribution >= 4 is 11.8 Å². The van der Waals surface area contributed by atoms with Crippen LogP contribution in [0.4, 0.5) is 0 Å². The standard InChI is InChI=1S/C5H2N3S/c6-1-5-2-8(3-7)4-9-5/h2,4H. The lowest BCUT2D eigenvalue weighted by Gasteiger charge is -1.94. The number of rotatable bonds is 0. The summed E-state index contributed by atoms with van der Waals surface area (Å²) in [7, 11) is 0. The molecule has 0 amide bonds. The number of allylic oxidation sites excluding steroid dienone is 1. The van der Waals surface area contributed by atoms with Gasteiger partial charge in [0, 0.05) is 6.20 Å². The van der Waals surface area contributed by atoms with E-state index in [1.165, 1.54) is 22.9 Å². The summed E-state index contributed by atoms with van der Waals surface area (Å²) in [5.74, 6) is 1.58. The lowest BCUT2D eigenvalue weighted by atomic mass is 10.6. The van der Waals surface area contributed by atoms with Gasteiger partial charge in [-0.25, -0.2) is 0 Å². The Bertz CT molecular complexity index is 219. The Labute approximate surface area is 57.2 Å². The van der Waals surface area contributed by atoms with Crippen molar-refractivity contribution in [1.82, 2.24) is 4.90 Å². The zero-order valence-corrected chi connectivity index (χ0v) is 5.22. The van der Waals surface area contributed by atoms with Crippen LogP contribution in [-0.2, 0) is 0 Å². The van der Waals surface area contributed by atoms with Crippen LogP contribution in [0.2, 0.25) is 0 Å². The van der Waals surface area contributed by atoms with E-state index in [1.54, 1.807) is 5.88 Å². The van der Waals surface area contributed by atoms with Crippen molar-refractivity contribution in [2.45, 2.75) is 0 Å². The molecule has 0 aromatic carbocycles. The summed E-state index contributed by atoms with van der Waals surface area (Å²) in [6.45, 7) is 0. The van der Waals surface area contributed by atoms with Crippen LogP contribution in [-0.4, -0.2) is 4.90 Å². The van der Waals surface area contributed by atoms with E-state index >= 15 is 0 Å². The van der Waals surface area contributed by atoms with Gasteiger partial charge < -0.3 is 0 Å². The van der Waals surface area contributed by atoms with Gasteiger partial charge in [0.05, 0.1) is 0 Å². The molecule has 1 aliphatic heterocycles. The minimum atomic E-state index is 0.552. The monoisotopic (exact) mass is 136 g/mol. The first-order chi connectivity index (χ1) is 4.36. The highest BCUT2D eigenvalue weighted by Crippen LogP contribution is 2.27. The lowest BCUT2D eigenvalue weighted by molar-refractivity contribution is 0.701. The predicted molar refractivity (Wildman–Crippen MR) is 33.0 cm³/mol. The maximum Gasteiger partial charge on any atom is 0.184 e. The van der Waals surface area contributed by atoms with Crippen LogP contribution >= 0.6 is 11.8 Å². The molecule has 0 atom stereocenters. The van der Waals surface area contributed by atoms with E-state index in [-0.39, 0.29) is 0 Å². The molecule has 0 aromatic heterocycles. The van der Waals surface area contributed by atoms with Gasteiger partial charge in [-0.05, 0) is 0 Å². The van der Waals surface area contributed by atoms with Gasteiger partial charge in [-0.3, -0.25) is 4.90 Å². The van der Waals surface area contributed by atoms with Crippen molar-refractivity contribution in [2.24, 2.45) is 0 Å². The summed E-state index contributed by atoms with van der Waals surface area (Å²) in [6, 6.07) is 1.93.